The fraction of sp³-hybridized carbons (Fsp3) is 0.667. The van der Waals surface area contributed by atoms with Crippen LogP contribution in [0.1, 0.15) is 63.9 Å². The Hall–Kier alpha value is -1.09. The van der Waals surface area contributed by atoms with Crippen LogP contribution in [0.3, 0.4) is 0 Å². The van der Waals surface area contributed by atoms with E-state index < -0.39 is 0 Å². The standard InChI is InChI=1S/C18H26FNO/c1-13(2)14-3-4-16(15(19)11-14)21-12-17-5-8-18(20,9-6-17)10-7-17/h3-4,11,13H,5-10,12,20H2,1-2H3. The Morgan fingerprint density at radius 2 is 1.76 bits per heavy atom. The lowest BCUT2D eigenvalue weighted by Crippen LogP contribution is -2.53. The summed E-state index contributed by atoms with van der Waals surface area (Å²) in [7, 11) is 0. The Kier molecular flexibility index (Phi) is 3.73. The van der Waals surface area contributed by atoms with Gasteiger partial charge in [0.2, 0.25) is 0 Å². The van der Waals surface area contributed by atoms with Gasteiger partial charge in [-0.3, -0.25) is 0 Å². The zero-order chi connectivity index (χ0) is 15.1. The fourth-order valence-electron chi connectivity index (χ4n) is 3.73. The van der Waals surface area contributed by atoms with E-state index in [4.69, 9.17) is 10.5 Å². The van der Waals surface area contributed by atoms with Gasteiger partial charge in [0.25, 0.3) is 0 Å². The van der Waals surface area contributed by atoms with Crippen LogP contribution in [0, 0.1) is 11.2 Å². The van der Waals surface area contributed by atoms with Gasteiger partial charge in [0.1, 0.15) is 0 Å². The first-order valence-corrected chi connectivity index (χ1v) is 8.13. The van der Waals surface area contributed by atoms with Crippen LogP contribution in [-0.4, -0.2) is 12.1 Å². The minimum atomic E-state index is -0.239. The molecule has 3 heteroatoms. The van der Waals surface area contributed by atoms with E-state index in [1.807, 2.05) is 6.07 Å². The van der Waals surface area contributed by atoms with Crippen LogP contribution < -0.4 is 10.5 Å². The Bertz CT molecular complexity index is 501. The predicted molar refractivity (Wildman–Crippen MR) is 83.0 cm³/mol. The van der Waals surface area contributed by atoms with Gasteiger partial charge in [0.15, 0.2) is 11.6 Å². The third-order valence-electron chi connectivity index (χ3n) is 5.62. The molecule has 3 aliphatic carbocycles. The van der Waals surface area contributed by atoms with Crippen molar-refractivity contribution in [1.82, 2.24) is 0 Å². The molecular formula is C18H26FNO. The number of ether oxygens (including phenoxy) is 1. The van der Waals surface area contributed by atoms with E-state index in [2.05, 4.69) is 13.8 Å². The molecule has 21 heavy (non-hydrogen) atoms. The first-order chi connectivity index (χ1) is 9.91. The lowest BCUT2D eigenvalue weighted by atomic mass is 9.58. The van der Waals surface area contributed by atoms with E-state index in [0.717, 1.165) is 44.1 Å². The molecule has 0 spiro atoms. The third kappa shape index (κ3) is 2.94. The van der Waals surface area contributed by atoms with Gasteiger partial charge >= 0.3 is 0 Å². The lowest BCUT2D eigenvalue weighted by Gasteiger charge is -2.51. The van der Waals surface area contributed by atoms with E-state index >= 15 is 0 Å². The number of benzene rings is 1. The summed E-state index contributed by atoms with van der Waals surface area (Å²) in [6.07, 6.45) is 6.63. The average Bonchev–Trinajstić information content (AvgIpc) is 2.47. The number of rotatable bonds is 4. The summed E-state index contributed by atoms with van der Waals surface area (Å²) in [6.45, 7) is 4.76. The van der Waals surface area contributed by atoms with Crippen molar-refractivity contribution in [3.8, 4) is 5.75 Å². The molecule has 0 amide bonds. The van der Waals surface area contributed by atoms with Crippen LogP contribution in [0.15, 0.2) is 18.2 Å². The number of fused-ring (bicyclic) bond motifs is 3. The number of halogens is 1. The quantitative estimate of drug-likeness (QED) is 0.893. The van der Waals surface area contributed by atoms with Gasteiger partial charge in [-0.05, 0) is 62.1 Å². The van der Waals surface area contributed by atoms with Crippen LogP contribution in [-0.2, 0) is 0 Å². The summed E-state index contributed by atoms with van der Waals surface area (Å²) in [6, 6.07) is 5.35. The van der Waals surface area contributed by atoms with Gasteiger partial charge in [-0.1, -0.05) is 19.9 Å². The molecule has 1 aromatic carbocycles. The van der Waals surface area contributed by atoms with Gasteiger partial charge in [0, 0.05) is 11.0 Å². The van der Waals surface area contributed by atoms with Gasteiger partial charge in [-0.2, -0.15) is 0 Å². The second-order valence-corrected chi connectivity index (χ2v) is 7.50. The maximum atomic E-state index is 14.1. The molecule has 0 saturated heterocycles. The second-order valence-electron chi connectivity index (χ2n) is 7.50. The first kappa shape index (κ1) is 14.8. The summed E-state index contributed by atoms with van der Waals surface area (Å²) in [5.41, 5.74) is 7.65. The van der Waals surface area contributed by atoms with Gasteiger partial charge < -0.3 is 10.5 Å². The van der Waals surface area contributed by atoms with Crippen molar-refractivity contribution >= 4 is 0 Å². The van der Waals surface area contributed by atoms with Crippen molar-refractivity contribution in [2.24, 2.45) is 11.1 Å². The van der Waals surface area contributed by atoms with E-state index in [-0.39, 0.29) is 16.8 Å². The molecule has 116 valence electrons. The van der Waals surface area contributed by atoms with E-state index in [9.17, 15) is 4.39 Å². The van der Waals surface area contributed by atoms with Crippen LogP contribution in [0.4, 0.5) is 4.39 Å². The molecule has 3 saturated carbocycles. The van der Waals surface area contributed by atoms with E-state index in [0.29, 0.717) is 18.3 Å². The molecule has 2 N–H and O–H groups in total. The van der Waals surface area contributed by atoms with E-state index in [1.165, 1.54) is 0 Å². The van der Waals surface area contributed by atoms with Crippen molar-refractivity contribution in [1.29, 1.82) is 0 Å². The molecule has 0 radical (unpaired) electrons. The Balaban J connectivity index is 1.65. The SMILES string of the molecule is CC(C)c1ccc(OCC23CCC(N)(CC2)CC3)c(F)c1. The van der Waals surface area contributed by atoms with Crippen LogP contribution in [0.2, 0.25) is 0 Å². The monoisotopic (exact) mass is 291 g/mol. The molecule has 3 aliphatic rings. The topological polar surface area (TPSA) is 35.2 Å². The van der Waals surface area contributed by atoms with Crippen molar-refractivity contribution in [3.63, 3.8) is 0 Å². The zero-order valence-electron chi connectivity index (χ0n) is 13.1. The smallest absolute Gasteiger partial charge is 0.165 e. The molecule has 0 unspecified atom stereocenters. The van der Waals surface area contributed by atoms with Gasteiger partial charge in [0.05, 0.1) is 6.61 Å². The maximum absolute atomic E-state index is 14.1. The van der Waals surface area contributed by atoms with Gasteiger partial charge in [-0.25, -0.2) is 4.39 Å². The highest BCUT2D eigenvalue weighted by Crippen LogP contribution is 2.51. The van der Waals surface area contributed by atoms with Crippen molar-refractivity contribution in [3.05, 3.63) is 29.6 Å². The molecule has 4 rings (SSSR count). The summed E-state index contributed by atoms with van der Waals surface area (Å²) in [5, 5.41) is 0. The molecule has 2 bridgehead atoms. The first-order valence-electron chi connectivity index (χ1n) is 8.13. The van der Waals surface area contributed by atoms with Crippen molar-refractivity contribution in [2.45, 2.75) is 63.8 Å². The van der Waals surface area contributed by atoms with Crippen molar-refractivity contribution < 1.29 is 9.13 Å². The Morgan fingerprint density at radius 3 is 2.29 bits per heavy atom. The second kappa shape index (κ2) is 5.28. The summed E-state index contributed by atoms with van der Waals surface area (Å²) in [5.74, 6) is 0.489. The lowest BCUT2D eigenvalue weighted by molar-refractivity contribution is 0.00430. The number of nitrogens with two attached hydrogens (primary N) is 1. The van der Waals surface area contributed by atoms with Crippen LogP contribution >= 0.6 is 0 Å². The molecule has 1 aromatic rings. The normalized spacial score (nSPS) is 31.7. The molecule has 3 fully saturated rings. The Labute approximate surface area is 126 Å². The molecule has 0 aromatic heterocycles. The maximum Gasteiger partial charge on any atom is 0.165 e. The highest BCUT2D eigenvalue weighted by Gasteiger charge is 2.47. The van der Waals surface area contributed by atoms with E-state index in [1.54, 1.807) is 12.1 Å². The molecule has 2 nitrogen and oxygen atoms in total. The summed E-state index contributed by atoms with van der Waals surface area (Å²) >= 11 is 0. The largest absolute Gasteiger partial charge is 0.490 e. The van der Waals surface area contributed by atoms with Crippen LogP contribution in [0.25, 0.3) is 0 Å². The molecule has 0 heterocycles. The van der Waals surface area contributed by atoms with Crippen LogP contribution in [0.5, 0.6) is 5.75 Å². The van der Waals surface area contributed by atoms with Gasteiger partial charge in [-0.15, -0.1) is 0 Å². The molecule has 0 aliphatic heterocycles. The Morgan fingerprint density at radius 1 is 1.14 bits per heavy atom. The van der Waals surface area contributed by atoms with Crippen molar-refractivity contribution in [2.75, 3.05) is 6.61 Å². The summed E-state index contributed by atoms with van der Waals surface area (Å²) in [4.78, 5) is 0. The fourth-order valence-corrected chi connectivity index (χ4v) is 3.73. The molecular weight excluding hydrogens is 265 g/mol. The summed E-state index contributed by atoms with van der Waals surface area (Å²) < 4.78 is 20.0. The third-order valence-corrected chi connectivity index (χ3v) is 5.62. The zero-order valence-corrected chi connectivity index (χ0v) is 13.1. The highest BCUT2D eigenvalue weighted by atomic mass is 19.1. The number of hydrogen-bond donors (Lipinski definition) is 1. The molecule has 0 atom stereocenters. The highest BCUT2D eigenvalue weighted by molar-refractivity contribution is 5.31. The number of hydrogen-bond acceptors (Lipinski definition) is 2. The predicted octanol–water partition coefficient (Wildman–Crippen LogP) is 4.38. The average molecular weight is 291 g/mol. The minimum absolute atomic E-state index is 0.0753. The minimum Gasteiger partial charge on any atom is -0.490 e.